The lowest BCUT2D eigenvalue weighted by molar-refractivity contribution is -0.341. The lowest BCUT2D eigenvalue weighted by Gasteiger charge is -2.43. The monoisotopic (exact) mass is 404 g/mol. The average Bonchev–Trinajstić information content (AvgIpc) is 2.84. The fraction of sp³-hybridized carbons (Fsp3) is 1.00. The third kappa shape index (κ3) is 3.87. The van der Waals surface area contributed by atoms with E-state index in [4.69, 9.17) is 28.6 Å². The van der Waals surface area contributed by atoms with Crippen molar-refractivity contribution in [3.05, 3.63) is 0 Å². The second-order valence-corrected chi connectivity index (χ2v) is 7.20. The van der Waals surface area contributed by atoms with Crippen molar-refractivity contribution in [1.82, 2.24) is 0 Å². The lowest BCUT2D eigenvalue weighted by atomic mass is 9.98. The first-order valence-corrected chi connectivity index (χ1v) is 9.05. The number of aliphatic hydroxyl groups excluding tert-OH is 5. The van der Waals surface area contributed by atoms with Gasteiger partial charge in [-0.25, -0.2) is 4.18 Å². The third-order valence-corrected chi connectivity index (χ3v) is 4.90. The number of hydrogen-bond acceptors (Lipinski definition) is 12. The minimum atomic E-state index is -4.82. The molecule has 0 aromatic heterocycles. The van der Waals surface area contributed by atoms with Crippen LogP contribution >= 0.6 is 0 Å². The normalized spacial score (nSPS) is 49.3. The molecule has 3 aliphatic rings. The Hall–Kier alpha value is -0.490. The topological polar surface area (TPSA) is 202 Å². The fourth-order valence-corrected chi connectivity index (χ4v) is 3.69. The highest BCUT2D eigenvalue weighted by Gasteiger charge is 2.55. The standard InChI is InChI=1S/C12H20O13S/c13-1-3-5(14)9(6(15)11(17)22-3)24-12-7(16)10-8(25-26(18,19)20)4(23-12)2-21-10/h3-17H,1-2H2,(H,18,19,20)/t3-,4-,5+,6-,7-,8-,9+,10-,11-,12-/m1/s1. The van der Waals surface area contributed by atoms with Gasteiger partial charge < -0.3 is 44.5 Å². The molecule has 14 heteroatoms. The van der Waals surface area contributed by atoms with Crippen LogP contribution in [0.15, 0.2) is 0 Å². The van der Waals surface area contributed by atoms with E-state index in [0.717, 1.165) is 0 Å². The first-order chi connectivity index (χ1) is 12.1. The minimum absolute atomic E-state index is 0.164. The van der Waals surface area contributed by atoms with Gasteiger partial charge in [0, 0.05) is 0 Å². The van der Waals surface area contributed by atoms with Gasteiger partial charge in [0.15, 0.2) is 12.6 Å². The van der Waals surface area contributed by atoms with Gasteiger partial charge in [-0.3, -0.25) is 4.55 Å². The van der Waals surface area contributed by atoms with Gasteiger partial charge in [0.2, 0.25) is 0 Å². The van der Waals surface area contributed by atoms with Crippen molar-refractivity contribution >= 4 is 10.4 Å². The summed E-state index contributed by atoms with van der Waals surface area (Å²) in [5.41, 5.74) is 0. The van der Waals surface area contributed by atoms with E-state index in [9.17, 15) is 28.8 Å². The van der Waals surface area contributed by atoms with Gasteiger partial charge in [0.1, 0.15) is 48.8 Å². The molecule has 6 N–H and O–H groups in total. The molecular formula is C12H20O13S. The van der Waals surface area contributed by atoms with E-state index in [-0.39, 0.29) is 6.61 Å². The second kappa shape index (κ2) is 7.50. The van der Waals surface area contributed by atoms with Gasteiger partial charge >= 0.3 is 10.4 Å². The Labute approximate surface area is 147 Å². The van der Waals surface area contributed by atoms with Gasteiger partial charge in [-0.05, 0) is 0 Å². The minimum Gasteiger partial charge on any atom is -0.394 e. The summed E-state index contributed by atoms with van der Waals surface area (Å²) in [6.45, 7) is -0.833. The molecule has 0 aliphatic carbocycles. The Kier molecular flexibility index (Phi) is 5.84. The summed E-state index contributed by atoms with van der Waals surface area (Å²) in [4.78, 5) is 0. The molecule has 0 aromatic carbocycles. The summed E-state index contributed by atoms with van der Waals surface area (Å²) in [6.07, 6.45) is -14.4. The highest BCUT2D eigenvalue weighted by molar-refractivity contribution is 7.80. The molecule has 152 valence electrons. The maximum Gasteiger partial charge on any atom is 0.397 e. The van der Waals surface area contributed by atoms with E-state index in [1.54, 1.807) is 0 Å². The Morgan fingerprint density at radius 2 is 1.69 bits per heavy atom. The van der Waals surface area contributed by atoms with Gasteiger partial charge in [-0.2, -0.15) is 8.42 Å². The fourth-order valence-electron chi connectivity index (χ4n) is 3.18. The molecule has 0 spiro atoms. The molecule has 0 saturated carbocycles. The highest BCUT2D eigenvalue weighted by atomic mass is 32.3. The molecule has 2 bridgehead atoms. The summed E-state index contributed by atoms with van der Waals surface area (Å²) in [6, 6.07) is 0. The van der Waals surface area contributed by atoms with Crippen LogP contribution in [0, 0.1) is 0 Å². The molecule has 3 aliphatic heterocycles. The van der Waals surface area contributed by atoms with E-state index in [2.05, 4.69) is 4.18 Å². The van der Waals surface area contributed by atoms with Crippen LogP contribution in [0.25, 0.3) is 0 Å². The van der Waals surface area contributed by atoms with Crippen LogP contribution in [0.1, 0.15) is 0 Å². The second-order valence-electron chi connectivity index (χ2n) is 6.15. The Bertz CT molecular complexity index is 598. The smallest absolute Gasteiger partial charge is 0.394 e. The molecule has 0 amide bonds. The van der Waals surface area contributed by atoms with E-state index < -0.39 is 78.4 Å². The van der Waals surface area contributed by atoms with Crippen LogP contribution in [0.3, 0.4) is 0 Å². The average molecular weight is 404 g/mol. The molecule has 3 saturated heterocycles. The van der Waals surface area contributed by atoms with Crippen molar-refractivity contribution in [2.45, 2.75) is 61.4 Å². The van der Waals surface area contributed by atoms with Crippen molar-refractivity contribution in [2.75, 3.05) is 13.2 Å². The maximum absolute atomic E-state index is 10.9. The number of aliphatic hydroxyl groups is 5. The van der Waals surface area contributed by atoms with Crippen LogP contribution < -0.4 is 0 Å². The zero-order valence-electron chi connectivity index (χ0n) is 13.1. The number of fused-ring (bicyclic) bond motifs is 2. The zero-order chi connectivity index (χ0) is 19.2. The summed E-state index contributed by atoms with van der Waals surface area (Å²) in [5, 5.41) is 49.1. The van der Waals surface area contributed by atoms with Gasteiger partial charge in [-0.15, -0.1) is 0 Å². The van der Waals surface area contributed by atoms with Crippen molar-refractivity contribution in [1.29, 1.82) is 0 Å². The summed E-state index contributed by atoms with van der Waals surface area (Å²) < 4.78 is 55.7. The lowest BCUT2D eigenvalue weighted by Crippen LogP contribution is -2.63. The molecule has 26 heavy (non-hydrogen) atoms. The van der Waals surface area contributed by atoms with E-state index in [1.807, 2.05) is 0 Å². The van der Waals surface area contributed by atoms with Crippen LogP contribution in [0.2, 0.25) is 0 Å². The molecule has 3 heterocycles. The Morgan fingerprint density at radius 3 is 2.31 bits per heavy atom. The molecule has 0 unspecified atom stereocenters. The molecular weight excluding hydrogens is 384 g/mol. The van der Waals surface area contributed by atoms with Crippen molar-refractivity contribution in [3.8, 4) is 0 Å². The molecule has 3 fully saturated rings. The van der Waals surface area contributed by atoms with E-state index in [1.165, 1.54) is 0 Å². The summed E-state index contributed by atoms with van der Waals surface area (Å²) in [5.74, 6) is 0. The van der Waals surface area contributed by atoms with Gasteiger partial charge in [0.25, 0.3) is 0 Å². The Balaban J connectivity index is 1.71. The van der Waals surface area contributed by atoms with Crippen molar-refractivity contribution in [2.24, 2.45) is 0 Å². The molecule has 0 aromatic rings. The van der Waals surface area contributed by atoms with Gasteiger partial charge in [-0.1, -0.05) is 0 Å². The summed E-state index contributed by atoms with van der Waals surface area (Å²) >= 11 is 0. The van der Waals surface area contributed by atoms with Crippen LogP contribution in [0.4, 0.5) is 0 Å². The zero-order valence-corrected chi connectivity index (χ0v) is 14.0. The number of rotatable bonds is 5. The van der Waals surface area contributed by atoms with E-state index >= 15 is 0 Å². The maximum atomic E-state index is 10.9. The number of hydrogen-bond donors (Lipinski definition) is 6. The predicted molar refractivity (Wildman–Crippen MR) is 75.7 cm³/mol. The molecule has 3 rings (SSSR count). The van der Waals surface area contributed by atoms with Crippen LogP contribution in [-0.2, 0) is 33.5 Å². The first-order valence-electron chi connectivity index (χ1n) is 7.69. The number of ether oxygens (including phenoxy) is 4. The third-order valence-electron chi connectivity index (χ3n) is 4.43. The Morgan fingerprint density at radius 1 is 1.00 bits per heavy atom. The predicted octanol–water partition coefficient (Wildman–Crippen LogP) is -4.52. The molecule has 0 radical (unpaired) electrons. The van der Waals surface area contributed by atoms with Crippen molar-refractivity contribution in [3.63, 3.8) is 0 Å². The van der Waals surface area contributed by atoms with Gasteiger partial charge in [0.05, 0.1) is 13.2 Å². The van der Waals surface area contributed by atoms with Crippen molar-refractivity contribution < 1.29 is 61.6 Å². The molecule has 13 nitrogen and oxygen atoms in total. The SMILES string of the molecule is O=S(=O)(O)O[C@H]1[C@@H]2OC[C@H]1O[C@H](O[C@@H]1[C@@H](O)[C@H](O)O[C@H](CO)[C@@H]1O)[C@@H]2O. The van der Waals surface area contributed by atoms with Crippen LogP contribution in [-0.4, -0.2) is 113 Å². The largest absolute Gasteiger partial charge is 0.397 e. The van der Waals surface area contributed by atoms with Crippen LogP contribution in [0.5, 0.6) is 0 Å². The quantitative estimate of drug-likeness (QED) is 0.239. The van der Waals surface area contributed by atoms with E-state index in [0.29, 0.717) is 0 Å². The first kappa shape index (κ1) is 20.2. The summed E-state index contributed by atoms with van der Waals surface area (Å²) in [7, 11) is -4.82. The highest BCUT2D eigenvalue weighted by Crippen LogP contribution is 2.35. The molecule has 10 atom stereocenters.